The maximum atomic E-state index is 11.8. The van der Waals surface area contributed by atoms with E-state index in [0.717, 1.165) is 23.6 Å². The van der Waals surface area contributed by atoms with E-state index < -0.39 is 0 Å². The number of amides is 1. The Morgan fingerprint density at radius 1 is 1.32 bits per heavy atom. The van der Waals surface area contributed by atoms with E-state index in [-0.39, 0.29) is 5.91 Å². The van der Waals surface area contributed by atoms with E-state index in [0.29, 0.717) is 12.2 Å². The zero-order valence-corrected chi connectivity index (χ0v) is 11.5. The number of aromatic nitrogens is 2. The van der Waals surface area contributed by atoms with Crippen molar-refractivity contribution in [1.29, 1.82) is 0 Å². The minimum Gasteiger partial charge on any atom is -0.350 e. The molecule has 4 nitrogen and oxygen atoms in total. The molecule has 0 radical (unpaired) electrons. The molecular weight excluding hydrogens is 262 g/mol. The van der Waals surface area contributed by atoms with Crippen LogP contribution in [0.5, 0.6) is 0 Å². The van der Waals surface area contributed by atoms with Crippen LogP contribution in [0.4, 0.5) is 0 Å². The van der Waals surface area contributed by atoms with Gasteiger partial charge in [0.25, 0.3) is 5.91 Å². The van der Waals surface area contributed by atoms with E-state index >= 15 is 0 Å². The molecule has 1 aromatic carbocycles. The fourth-order valence-electron chi connectivity index (χ4n) is 1.72. The van der Waals surface area contributed by atoms with Gasteiger partial charge in [0.15, 0.2) is 0 Å². The van der Waals surface area contributed by atoms with Crippen molar-refractivity contribution in [3.63, 3.8) is 0 Å². The SMILES string of the molecule is CCn1ccc(C(=O)NCCc2ccc(Cl)cc2)n1. The number of hydrogen-bond acceptors (Lipinski definition) is 2. The van der Waals surface area contributed by atoms with Crippen LogP contribution in [-0.4, -0.2) is 22.2 Å². The fourth-order valence-corrected chi connectivity index (χ4v) is 1.85. The van der Waals surface area contributed by atoms with Gasteiger partial charge in [-0.1, -0.05) is 23.7 Å². The third-order valence-electron chi connectivity index (χ3n) is 2.81. The summed E-state index contributed by atoms with van der Waals surface area (Å²) in [6.07, 6.45) is 2.57. The summed E-state index contributed by atoms with van der Waals surface area (Å²) in [4.78, 5) is 11.8. The Balaban J connectivity index is 1.82. The first kappa shape index (κ1) is 13.6. The highest BCUT2D eigenvalue weighted by molar-refractivity contribution is 6.30. The summed E-state index contributed by atoms with van der Waals surface area (Å²) in [6, 6.07) is 9.34. The molecule has 1 amide bonds. The third kappa shape index (κ3) is 3.83. The predicted octanol–water partition coefficient (Wildman–Crippen LogP) is 2.53. The van der Waals surface area contributed by atoms with Crippen LogP contribution in [-0.2, 0) is 13.0 Å². The molecule has 0 aliphatic rings. The monoisotopic (exact) mass is 277 g/mol. The topological polar surface area (TPSA) is 46.9 Å². The van der Waals surface area contributed by atoms with Crippen molar-refractivity contribution >= 4 is 17.5 Å². The van der Waals surface area contributed by atoms with E-state index in [2.05, 4.69) is 10.4 Å². The number of carbonyl (C=O) groups excluding carboxylic acids is 1. The first-order chi connectivity index (χ1) is 9.19. The van der Waals surface area contributed by atoms with Crippen LogP contribution in [0.2, 0.25) is 5.02 Å². The van der Waals surface area contributed by atoms with Gasteiger partial charge in [0.2, 0.25) is 0 Å². The highest BCUT2D eigenvalue weighted by Crippen LogP contribution is 2.09. The Kier molecular flexibility index (Phi) is 4.58. The average molecular weight is 278 g/mol. The van der Waals surface area contributed by atoms with Gasteiger partial charge >= 0.3 is 0 Å². The summed E-state index contributed by atoms with van der Waals surface area (Å²) in [5.74, 6) is -0.138. The maximum Gasteiger partial charge on any atom is 0.271 e. The Morgan fingerprint density at radius 2 is 2.05 bits per heavy atom. The zero-order valence-electron chi connectivity index (χ0n) is 10.8. The van der Waals surface area contributed by atoms with Crippen molar-refractivity contribution in [3.05, 3.63) is 52.8 Å². The molecule has 19 heavy (non-hydrogen) atoms. The summed E-state index contributed by atoms with van der Waals surface area (Å²) in [6.45, 7) is 3.33. The van der Waals surface area contributed by atoms with E-state index in [1.807, 2.05) is 31.2 Å². The molecule has 2 aromatic rings. The molecule has 0 saturated carbocycles. The van der Waals surface area contributed by atoms with Crippen molar-refractivity contribution in [2.24, 2.45) is 0 Å². The second-order valence-corrected chi connectivity index (χ2v) is 4.63. The van der Waals surface area contributed by atoms with Crippen molar-refractivity contribution in [2.45, 2.75) is 19.9 Å². The number of hydrogen-bond donors (Lipinski definition) is 1. The lowest BCUT2D eigenvalue weighted by molar-refractivity contribution is 0.0948. The molecule has 1 heterocycles. The second kappa shape index (κ2) is 6.38. The smallest absolute Gasteiger partial charge is 0.271 e. The summed E-state index contributed by atoms with van der Waals surface area (Å²) in [5.41, 5.74) is 1.60. The number of nitrogens with zero attached hydrogens (tertiary/aromatic N) is 2. The Morgan fingerprint density at radius 3 is 2.68 bits per heavy atom. The molecule has 1 aromatic heterocycles. The van der Waals surface area contributed by atoms with Crippen LogP contribution in [0.15, 0.2) is 36.5 Å². The fraction of sp³-hybridized carbons (Fsp3) is 0.286. The number of halogens is 1. The van der Waals surface area contributed by atoms with Gasteiger partial charge in [0.05, 0.1) is 0 Å². The molecule has 100 valence electrons. The van der Waals surface area contributed by atoms with Crippen LogP contribution in [0.25, 0.3) is 0 Å². The number of rotatable bonds is 5. The number of aryl methyl sites for hydroxylation is 1. The number of benzene rings is 1. The van der Waals surface area contributed by atoms with E-state index in [4.69, 9.17) is 11.6 Å². The molecule has 0 aliphatic heterocycles. The van der Waals surface area contributed by atoms with Gasteiger partial charge in [0.1, 0.15) is 5.69 Å². The average Bonchev–Trinajstić information content (AvgIpc) is 2.90. The summed E-state index contributed by atoms with van der Waals surface area (Å²) < 4.78 is 1.73. The van der Waals surface area contributed by atoms with Crippen molar-refractivity contribution in [2.75, 3.05) is 6.54 Å². The van der Waals surface area contributed by atoms with E-state index in [9.17, 15) is 4.79 Å². The van der Waals surface area contributed by atoms with Gasteiger partial charge in [0, 0.05) is 24.3 Å². The maximum absolute atomic E-state index is 11.8. The van der Waals surface area contributed by atoms with Gasteiger partial charge < -0.3 is 5.32 Å². The van der Waals surface area contributed by atoms with Crippen LogP contribution in [0, 0.1) is 0 Å². The molecule has 0 fully saturated rings. The molecule has 2 rings (SSSR count). The van der Waals surface area contributed by atoms with Gasteiger partial charge in [-0.05, 0) is 37.1 Å². The highest BCUT2D eigenvalue weighted by atomic mass is 35.5. The van der Waals surface area contributed by atoms with Crippen molar-refractivity contribution in [3.8, 4) is 0 Å². The van der Waals surface area contributed by atoms with E-state index in [1.165, 1.54) is 0 Å². The molecular formula is C14H16ClN3O. The second-order valence-electron chi connectivity index (χ2n) is 4.19. The molecule has 0 unspecified atom stereocenters. The molecule has 0 aliphatic carbocycles. The van der Waals surface area contributed by atoms with Crippen LogP contribution in [0.3, 0.4) is 0 Å². The number of carbonyl (C=O) groups is 1. The number of nitrogens with one attached hydrogen (secondary N) is 1. The van der Waals surface area contributed by atoms with Crippen molar-refractivity contribution in [1.82, 2.24) is 15.1 Å². The molecule has 5 heteroatoms. The first-order valence-electron chi connectivity index (χ1n) is 6.25. The zero-order chi connectivity index (χ0) is 13.7. The molecule has 0 spiro atoms. The lowest BCUT2D eigenvalue weighted by atomic mass is 10.1. The van der Waals surface area contributed by atoms with Gasteiger partial charge in [-0.25, -0.2) is 0 Å². The minimum atomic E-state index is -0.138. The van der Waals surface area contributed by atoms with Gasteiger partial charge in [-0.2, -0.15) is 5.10 Å². The predicted molar refractivity (Wildman–Crippen MR) is 75.4 cm³/mol. The third-order valence-corrected chi connectivity index (χ3v) is 3.06. The Hall–Kier alpha value is -1.81. The first-order valence-corrected chi connectivity index (χ1v) is 6.63. The Labute approximate surface area is 117 Å². The summed E-state index contributed by atoms with van der Waals surface area (Å²) >= 11 is 5.81. The summed E-state index contributed by atoms with van der Waals surface area (Å²) in [5, 5.41) is 7.73. The van der Waals surface area contributed by atoms with E-state index in [1.54, 1.807) is 16.9 Å². The van der Waals surface area contributed by atoms with Crippen LogP contribution < -0.4 is 5.32 Å². The lowest BCUT2D eigenvalue weighted by Gasteiger charge is -2.03. The minimum absolute atomic E-state index is 0.138. The standard InChI is InChI=1S/C14H16ClN3O/c1-2-18-10-8-13(17-18)14(19)16-9-7-11-3-5-12(15)6-4-11/h3-6,8,10H,2,7,9H2,1H3,(H,16,19). The Bertz CT molecular complexity index is 548. The molecule has 0 saturated heterocycles. The van der Waals surface area contributed by atoms with Crippen molar-refractivity contribution < 1.29 is 4.79 Å². The molecule has 1 N–H and O–H groups in total. The van der Waals surface area contributed by atoms with Gasteiger partial charge in [-0.3, -0.25) is 9.48 Å². The summed E-state index contributed by atoms with van der Waals surface area (Å²) in [7, 11) is 0. The normalized spacial score (nSPS) is 10.4. The van der Waals surface area contributed by atoms with Gasteiger partial charge in [-0.15, -0.1) is 0 Å². The highest BCUT2D eigenvalue weighted by Gasteiger charge is 2.08. The van der Waals surface area contributed by atoms with Crippen LogP contribution >= 0.6 is 11.6 Å². The molecule has 0 bridgehead atoms. The lowest BCUT2D eigenvalue weighted by Crippen LogP contribution is -2.26. The molecule has 0 atom stereocenters. The largest absolute Gasteiger partial charge is 0.350 e. The van der Waals surface area contributed by atoms with Crippen LogP contribution in [0.1, 0.15) is 23.0 Å². The quantitative estimate of drug-likeness (QED) is 0.913.